The lowest BCUT2D eigenvalue weighted by Gasteiger charge is -2.19. The van der Waals surface area contributed by atoms with E-state index < -0.39 is 0 Å². The number of rotatable bonds is 6. The molecule has 0 aliphatic carbocycles. The van der Waals surface area contributed by atoms with Crippen molar-refractivity contribution in [3.05, 3.63) is 18.2 Å². The monoisotopic (exact) mass is 250 g/mol. The first kappa shape index (κ1) is 14.3. The van der Waals surface area contributed by atoms with Crippen LogP contribution in [0.25, 0.3) is 0 Å². The van der Waals surface area contributed by atoms with Crippen LogP contribution in [0.2, 0.25) is 0 Å². The minimum absolute atomic E-state index is 0.00292. The number of likely N-dealkylation sites (N-methyl/N-ethyl adjacent to an activating group) is 1. The fourth-order valence-electron chi connectivity index (χ4n) is 1.58. The van der Waals surface area contributed by atoms with Crippen LogP contribution < -0.4 is 15.5 Å². The minimum Gasteiger partial charge on any atom is -0.370 e. The van der Waals surface area contributed by atoms with E-state index >= 15 is 0 Å². The van der Waals surface area contributed by atoms with E-state index in [1.807, 2.05) is 50.9 Å². The molecule has 0 fully saturated rings. The Kier molecular flexibility index (Phi) is 5.42. The Labute approximate surface area is 109 Å². The van der Waals surface area contributed by atoms with Crippen LogP contribution in [0.4, 0.5) is 11.6 Å². The van der Waals surface area contributed by atoms with Gasteiger partial charge in [0.1, 0.15) is 11.6 Å². The third-order valence-corrected chi connectivity index (χ3v) is 2.31. The first-order valence-electron chi connectivity index (χ1n) is 6.24. The zero-order valence-electron chi connectivity index (χ0n) is 11.5. The molecule has 0 aliphatic heterocycles. The number of pyridine rings is 1. The van der Waals surface area contributed by atoms with Crippen LogP contribution in [0.5, 0.6) is 0 Å². The molecule has 0 saturated carbocycles. The summed E-state index contributed by atoms with van der Waals surface area (Å²) in [7, 11) is 1.86. The van der Waals surface area contributed by atoms with E-state index in [1.165, 1.54) is 0 Å². The summed E-state index contributed by atoms with van der Waals surface area (Å²) in [5, 5.41) is 6.01. The number of nitrogens with zero attached hydrogens (tertiary/aromatic N) is 2. The van der Waals surface area contributed by atoms with Crippen molar-refractivity contribution >= 4 is 17.5 Å². The molecule has 0 spiro atoms. The van der Waals surface area contributed by atoms with Gasteiger partial charge in [-0.3, -0.25) is 4.79 Å². The Morgan fingerprint density at radius 1 is 1.44 bits per heavy atom. The molecule has 0 aliphatic rings. The zero-order valence-corrected chi connectivity index (χ0v) is 11.5. The molecule has 0 aromatic carbocycles. The van der Waals surface area contributed by atoms with E-state index in [2.05, 4.69) is 15.6 Å². The molecule has 18 heavy (non-hydrogen) atoms. The molecule has 0 atom stereocenters. The smallest absolute Gasteiger partial charge is 0.239 e. The zero-order chi connectivity index (χ0) is 13.5. The molecule has 1 rings (SSSR count). The number of hydrogen-bond donors (Lipinski definition) is 2. The average molecular weight is 250 g/mol. The molecular weight excluding hydrogens is 228 g/mol. The number of amides is 1. The van der Waals surface area contributed by atoms with Gasteiger partial charge >= 0.3 is 0 Å². The Morgan fingerprint density at radius 3 is 2.78 bits per heavy atom. The summed E-state index contributed by atoms with van der Waals surface area (Å²) < 4.78 is 0. The highest BCUT2D eigenvalue weighted by atomic mass is 16.2. The van der Waals surface area contributed by atoms with Gasteiger partial charge in [0, 0.05) is 19.6 Å². The Balaban J connectivity index is 2.63. The molecule has 1 amide bonds. The van der Waals surface area contributed by atoms with Crippen molar-refractivity contribution in [1.29, 1.82) is 0 Å². The van der Waals surface area contributed by atoms with Crippen molar-refractivity contribution in [2.24, 2.45) is 0 Å². The fourth-order valence-corrected chi connectivity index (χ4v) is 1.58. The maximum absolute atomic E-state index is 11.7. The number of hydrogen-bond acceptors (Lipinski definition) is 4. The summed E-state index contributed by atoms with van der Waals surface area (Å²) >= 11 is 0. The van der Waals surface area contributed by atoms with Crippen molar-refractivity contribution in [2.45, 2.75) is 26.8 Å². The van der Waals surface area contributed by atoms with Crippen LogP contribution in [-0.4, -0.2) is 37.1 Å². The van der Waals surface area contributed by atoms with Crippen LogP contribution in [-0.2, 0) is 4.79 Å². The van der Waals surface area contributed by atoms with E-state index in [1.54, 1.807) is 0 Å². The van der Waals surface area contributed by atoms with Gasteiger partial charge in [0.25, 0.3) is 0 Å². The number of nitrogens with one attached hydrogen (secondary N) is 2. The average Bonchev–Trinajstić information content (AvgIpc) is 2.28. The van der Waals surface area contributed by atoms with E-state index in [4.69, 9.17) is 0 Å². The Bertz CT molecular complexity index is 392. The van der Waals surface area contributed by atoms with Gasteiger partial charge in [-0.25, -0.2) is 4.98 Å². The van der Waals surface area contributed by atoms with Gasteiger partial charge in [-0.2, -0.15) is 0 Å². The summed E-state index contributed by atoms with van der Waals surface area (Å²) in [6, 6.07) is 5.89. The molecule has 0 unspecified atom stereocenters. The van der Waals surface area contributed by atoms with Crippen LogP contribution in [0, 0.1) is 0 Å². The SMILES string of the molecule is CCNc1cccc(N(C)CC(=O)NC(C)C)n1. The molecule has 5 nitrogen and oxygen atoms in total. The maximum atomic E-state index is 11.7. The number of anilines is 2. The molecule has 1 aromatic heterocycles. The lowest BCUT2D eigenvalue weighted by atomic mass is 10.3. The van der Waals surface area contributed by atoms with Gasteiger partial charge in [-0.05, 0) is 32.9 Å². The topological polar surface area (TPSA) is 57.3 Å². The molecule has 2 N–H and O–H groups in total. The summed E-state index contributed by atoms with van der Waals surface area (Å²) in [4.78, 5) is 17.9. The van der Waals surface area contributed by atoms with Gasteiger partial charge in [0.15, 0.2) is 0 Å². The summed E-state index contributed by atoms with van der Waals surface area (Å²) in [5.41, 5.74) is 0. The van der Waals surface area contributed by atoms with Crippen molar-refractivity contribution in [3.63, 3.8) is 0 Å². The van der Waals surface area contributed by atoms with Gasteiger partial charge < -0.3 is 15.5 Å². The van der Waals surface area contributed by atoms with Crippen molar-refractivity contribution in [3.8, 4) is 0 Å². The number of carbonyl (C=O) groups excluding carboxylic acids is 1. The lowest BCUT2D eigenvalue weighted by Crippen LogP contribution is -2.38. The van der Waals surface area contributed by atoms with Gasteiger partial charge in [0.05, 0.1) is 6.54 Å². The maximum Gasteiger partial charge on any atom is 0.239 e. The Hall–Kier alpha value is -1.78. The molecule has 0 bridgehead atoms. The van der Waals surface area contributed by atoms with Crippen LogP contribution >= 0.6 is 0 Å². The van der Waals surface area contributed by atoms with E-state index in [0.29, 0.717) is 6.54 Å². The minimum atomic E-state index is 0.00292. The predicted molar refractivity (Wildman–Crippen MR) is 74.9 cm³/mol. The second-order valence-corrected chi connectivity index (χ2v) is 4.49. The molecular formula is C13H22N4O. The number of carbonyl (C=O) groups is 1. The van der Waals surface area contributed by atoms with Crippen LogP contribution in [0.3, 0.4) is 0 Å². The van der Waals surface area contributed by atoms with Crippen molar-refractivity contribution < 1.29 is 4.79 Å². The third-order valence-electron chi connectivity index (χ3n) is 2.31. The molecule has 0 saturated heterocycles. The standard InChI is InChI=1S/C13H22N4O/c1-5-14-11-7-6-8-12(16-11)17(4)9-13(18)15-10(2)3/h6-8,10H,5,9H2,1-4H3,(H,14,16)(H,15,18). The second-order valence-electron chi connectivity index (χ2n) is 4.49. The van der Waals surface area contributed by atoms with Crippen molar-refractivity contribution in [2.75, 3.05) is 30.4 Å². The first-order valence-corrected chi connectivity index (χ1v) is 6.24. The lowest BCUT2D eigenvalue weighted by molar-refractivity contribution is -0.120. The summed E-state index contributed by atoms with van der Waals surface area (Å²) in [6.45, 7) is 7.05. The largest absolute Gasteiger partial charge is 0.370 e. The molecule has 0 radical (unpaired) electrons. The highest BCUT2D eigenvalue weighted by molar-refractivity contribution is 5.81. The Morgan fingerprint density at radius 2 is 2.17 bits per heavy atom. The predicted octanol–water partition coefficient (Wildman–Crippen LogP) is 1.47. The molecule has 1 heterocycles. The highest BCUT2D eigenvalue weighted by Gasteiger charge is 2.09. The third kappa shape index (κ3) is 4.61. The van der Waals surface area contributed by atoms with Crippen LogP contribution in [0.1, 0.15) is 20.8 Å². The van der Waals surface area contributed by atoms with E-state index in [-0.39, 0.29) is 11.9 Å². The summed E-state index contributed by atoms with van der Waals surface area (Å²) in [5.74, 6) is 1.61. The summed E-state index contributed by atoms with van der Waals surface area (Å²) in [6.07, 6.45) is 0. The first-order chi connectivity index (χ1) is 8.52. The fraction of sp³-hybridized carbons (Fsp3) is 0.538. The molecule has 100 valence electrons. The number of aromatic nitrogens is 1. The molecule has 1 aromatic rings. The quantitative estimate of drug-likeness (QED) is 0.803. The molecule has 5 heteroatoms. The van der Waals surface area contributed by atoms with E-state index in [0.717, 1.165) is 18.2 Å². The van der Waals surface area contributed by atoms with Crippen molar-refractivity contribution in [1.82, 2.24) is 10.3 Å². The normalized spacial score (nSPS) is 10.3. The highest BCUT2D eigenvalue weighted by Crippen LogP contribution is 2.12. The van der Waals surface area contributed by atoms with E-state index in [9.17, 15) is 4.79 Å². The van der Waals surface area contributed by atoms with Crippen LogP contribution in [0.15, 0.2) is 18.2 Å². The van der Waals surface area contributed by atoms with Gasteiger partial charge in [-0.1, -0.05) is 6.07 Å². The van der Waals surface area contributed by atoms with Gasteiger partial charge in [-0.15, -0.1) is 0 Å². The van der Waals surface area contributed by atoms with Gasteiger partial charge in [0.2, 0.25) is 5.91 Å². The second kappa shape index (κ2) is 6.83.